The molecule has 186 valence electrons. The van der Waals surface area contributed by atoms with Crippen LogP contribution in [0.25, 0.3) is 16.9 Å². The van der Waals surface area contributed by atoms with Crippen LogP contribution >= 0.6 is 0 Å². The molecule has 3 aromatic rings. The lowest BCUT2D eigenvalue weighted by molar-refractivity contribution is -0.140. The van der Waals surface area contributed by atoms with Crippen molar-refractivity contribution in [2.24, 2.45) is 0 Å². The van der Waals surface area contributed by atoms with E-state index in [2.05, 4.69) is 10.7 Å². The van der Waals surface area contributed by atoms with Crippen molar-refractivity contribution in [3.05, 3.63) is 72.4 Å². The van der Waals surface area contributed by atoms with Crippen LogP contribution in [0.15, 0.2) is 66.9 Å². The fraction of sp³-hybridized carbons (Fsp3) is 0.333. The maximum atomic E-state index is 12.9. The Morgan fingerprint density at radius 1 is 1.03 bits per heavy atom. The summed E-state index contributed by atoms with van der Waals surface area (Å²) >= 11 is 0. The van der Waals surface area contributed by atoms with Gasteiger partial charge in [0, 0.05) is 23.9 Å². The van der Waals surface area contributed by atoms with Crippen molar-refractivity contribution in [2.45, 2.75) is 44.2 Å². The highest BCUT2D eigenvalue weighted by Crippen LogP contribution is 2.33. The first-order chi connectivity index (χ1) is 17.4. The van der Waals surface area contributed by atoms with Crippen molar-refractivity contribution in [3.63, 3.8) is 0 Å². The third kappa shape index (κ3) is 4.74. The van der Waals surface area contributed by atoms with Gasteiger partial charge in [-0.15, -0.1) is 0 Å². The molecule has 2 aromatic carbocycles. The van der Waals surface area contributed by atoms with Crippen molar-refractivity contribution < 1.29 is 14.4 Å². The van der Waals surface area contributed by atoms with Gasteiger partial charge in [0.15, 0.2) is 0 Å². The Balaban J connectivity index is 1.28. The molecule has 9 heteroatoms. The second-order valence-corrected chi connectivity index (χ2v) is 9.57. The van der Waals surface area contributed by atoms with Crippen molar-refractivity contribution in [2.75, 3.05) is 13.6 Å². The fourth-order valence-corrected chi connectivity index (χ4v) is 5.05. The lowest BCUT2D eigenvalue weighted by atomic mass is 9.82. The van der Waals surface area contributed by atoms with Gasteiger partial charge in [-0.25, -0.2) is 9.48 Å². The number of carbonyl (C=O) groups is 3. The molecule has 0 radical (unpaired) electrons. The summed E-state index contributed by atoms with van der Waals surface area (Å²) in [5, 5.41) is 8.48. The van der Waals surface area contributed by atoms with Gasteiger partial charge >= 0.3 is 6.03 Å². The largest absolute Gasteiger partial charge is 0.344 e. The topological polar surface area (TPSA) is 99.6 Å². The minimum atomic E-state index is -0.870. The molecule has 1 aromatic heterocycles. The number of hydrogen-bond acceptors (Lipinski definition) is 5. The molecule has 2 fully saturated rings. The zero-order chi connectivity index (χ0) is 25.1. The number of urea groups is 1. The van der Waals surface area contributed by atoms with E-state index in [0.29, 0.717) is 19.4 Å². The van der Waals surface area contributed by atoms with Crippen molar-refractivity contribution in [3.8, 4) is 16.9 Å². The number of amides is 4. The molecule has 1 spiro atoms. The summed E-state index contributed by atoms with van der Waals surface area (Å²) in [4.78, 5) is 40.0. The van der Waals surface area contributed by atoms with E-state index in [-0.39, 0.29) is 12.5 Å². The van der Waals surface area contributed by atoms with Crippen LogP contribution in [-0.2, 0) is 16.1 Å². The van der Waals surface area contributed by atoms with Gasteiger partial charge in [-0.2, -0.15) is 10.1 Å². The number of hydrogen-bond donors (Lipinski definition) is 2. The van der Waals surface area contributed by atoms with Gasteiger partial charge in [0.05, 0.1) is 17.9 Å². The van der Waals surface area contributed by atoms with Crippen LogP contribution in [0.5, 0.6) is 0 Å². The average molecular weight is 487 g/mol. The quantitative estimate of drug-likeness (QED) is 0.500. The molecule has 9 nitrogen and oxygen atoms in total. The van der Waals surface area contributed by atoms with Crippen molar-refractivity contribution in [1.29, 1.82) is 0 Å². The Morgan fingerprint density at radius 3 is 2.39 bits per heavy atom. The van der Waals surface area contributed by atoms with Crippen LogP contribution in [0, 0.1) is 0 Å². The number of aromatic nitrogens is 2. The molecule has 36 heavy (non-hydrogen) atoms. The first-order valence-corrected chi connectivity index (χ1v) is 12.3. The highest BCUT2D eigenvalue weighted by Gasteiger charge is 2.52. The van der Waals surface area contributed by atoms with E-state index in [4.69, 9.17) is 5.10 Å². The van der Waals surface area contributed by atoms with Gasteiger partial charge in [0.2, 0.25) is 0 Å². The number of rotatable bonds is 7. The van der Waals surface area contributed by atoms with Crippen LogP contribution < -0.4 is 10.7 Å². The fourth-order valence-electron chi connectivity index (χ4n) is 5.05. The number of benzene rings is 2. The molecule has 1 saturated carbocycles. The lowest BCUT2D eigenvalue weighted by Crippen LogP contribution is -2.52. The Morgan fingerprint density at radius 2 is 1.69 bits per heavy atom. The van der Waals surface area contributed by atoms with Crippen LogP contribution in [0.3, 0.4) is 0 Å². The normalized spacial score (nSPS) is 17.0. The lowest BCUT2D eigenvalue weighted by Gasteiger charge is -2.30. The molecule has 1 aliphatic heterocycles. The van der Waals surface area contributed by atoms with E-state index in [0.717, 1.165) is 46.8 Å². The molecule has 4 amide bonds. The number of imide groups is 1. The van der Waals surface area contributed by atoms with E-state index in [9.17, 15) is 14.4 Å². The van der Waals surface area contributed by atoms with Crippen molar-refractivity contribution in [1.82, 2.24) is 30.4 Å². The van der Waals surface area contributed by atoms with Gasteiger partial charge < -0.3 is 5.32 Å². The zero-order valence-corrected chi connectivity index (χ0v) is 20.3. The molecule has 0 bridgehead atoms. The monoisotopic (exact) mass is 486 g/mol. The van der Waals surface area contributed by atoms with Gasteiger partial charge in [0.1, 0.15) is 5.54 Å². The second-order valence-electron chi connectivity index (χ2n) is 9.57. The molecular formula is C27H30N6O3. The van der Waals surface area contributed by atoms with E-state index in [1.54, 1.807) is 0 Å². The van der Waals surface area contributed by atoms with Crippen LogP contribution in [0.4, 0.5) is 4.79 Å². The minimum absolute atomic E-state index is 0.00874. The van der Waals surface area contributed by atoms with E-state index >= 15 is 0 Å². The molecule has 2 heterocycles. The van der Waals surface area contributed by atoms with Crippen LogP contribution in [0.2, 0.25) is 0 Å². The summed E-state index contributed by atoms with van der Waals surface area (Å²) in [5.41, 5.74) is 5.36. The molecule has 1 aliphatic carbocycles. The van der Waals surface area contributed by atoms with E-state index in [1.165, 1.54) is 0 Å². The van der Waals surface area contributed by atoms with Gasteiger partial charge in [-0.3, -0.25) is 19.9 Å². The standard InChI is InChI=1S/C27H30N6O3/c1-31(19-23(34)29-33-25(35)27(28-26(33)36)15-9-4-10-16-27)17-21-18-32(22-13-7-3-8-14-22)30-24(21)20-11-5-2-6-12-20/h2-3,5-8,11-14,18H,4,9-10,15-17,19H2,1H3,(H,28,36)(H,29,34). The average Bonchev–Trinajstić information content (AvgIpc) is 3.40. The second kappa shape index (κ2) is 9.94. The Hall–Kier alpha value is -3.98. The number of para-hydroxylation sites is 1. The predicted octanol–water partition coefficient (Wildman–Crippen LogP) is 3.26. The number of hydrazine groups is 1. The Bertz CT molecular complexity index is 1250. The third-order valence-corrected chi connectivity index (χ3v) is 6.82. The Labute approximate surface area is 210 Å². The van der Waals surface area contributed by atoms with Crippen LogP contribution in [-0.4, -0.2) is 56.7 Å². The highest BCUT2D eigenvalue weighted by molar-refractivity contribution is 6.08. The number of nitrogens with zero attached hydrogens (tertiary/aromatic N) is 4. The first kappa shape index (κ1) is 23.7. The summed E-state index contributed by atoms with van der Waals surface area (Å²) < 4.78 is 1.84. The number of likely N-dealkylation sites (N-methyl/N-ethyl adjacent to an activating group) is 1. The molecule has 1 saturated heterocycles. The summed E-state index contributed by atoms with van der Waals surface area (Å²) in [5.74, 6) is -0.788. The highest BCUT2D eigenvalue weighted by atomic mass is 16.2. The molecule has 5 rings (SSSR count). The first-order valence-electron chi connectivity index (χ1n) is 12.3. The summed E-state index contributed by atoms with van der Waals surface area (Å²) in [6.45, 7) is 0.462. The molecule has 2 aliphatic rings. The summed E-state index contributed by atoms with van der Waals surface area (Å²) in [7, 11) is 1.82. The maximum Gasteiger partial charge on any atom is 0.344 e. The molecule has 2 N–H and O–H groups in total. The van der Waals surface area contributed by atoms with Gasteiger partial charge in [-0.1, -0.05) is 67.8 Å². The number of nitrogens with one attached hydrogen (secondary N) is 2. The number of carbonyl (C=O) groups excluding carboxylic acids is 3. The Kier molecular flexibility index (Phi) is 6.56. The van der Waals surface area contributed by atoms with E-state index < -0.39 is 17.5 Å². The third-order valence-electron chi connectivity index (χ3n) is 6.82. The smallest absolute Gasteiger partial charge is 0.322 e. The summed E-state index contributed by atoms with van der Waals surface area (Å²) in [6, 6.07) is 19.2. The zero-order valence-electron chi connectivity index (χ0n) is 20.3. The van der Waals surface area contributed by atoms with Crippen molar-refractivity contribution >= 4 is 17.8 Å². The SMILES string of the molecule is CN(CC(=O)NN1C(=O)NC2(CCCCC2)C1=O)Cc1cn(-c2ccccc2)nc1-c1ccccc1. The molecule has 0 unspecified atom stereocenters. The van der Waals surface area contributed by atoms with Gasteiger partial charge in [0.25, 0.3) is 11.8 Å². The predicted molar refractivity (Wildman–Crippen MR) is 135 cm³/mol. The summed E-state index contributed by atoms with van der Waals surface area (Å²) in [6.07, 6.45) is 6.01. The molecular weight excluding hydrogens is 456 g/mol. The molecule has 0 atom stereocenters. The van der Waals surface area contributed by atoms with Crippen LogP contribution in [0.1, 0.15) is 37.7 Å². The van der Waals surface area contributed by atoms with E-state index in [1.807, 2.05) is 83.5 Å². The maximum absolute atomic E-state index is 12.9. The van der Waals surface area contributed by atoms with Gasteiger partial charge in [-0.05, 0) is 32.0 Å². The minimum Gasteiger partial charge on any atom is -0.322 e.